The van der Waals surface area contributed by atoms with Crippen LogP contribution in [0.25, 0.3) is 0 Å². The van der Waals surface area contributed by atoms with E-state index < -0.39 is 23.5 Å². The van der Waals surface area contributed by atoms with E-state index in [1.807, 2.05) is 32.9 Å². The molecule has 178 valence electrons. The van der Waals surface area contributed by atoms with Gasteiger partial charge in [-0.05, 0) is 50.6 Å². The van der Waals surface area contributed by atoms with Crippen LogP contribution < -0.4 is 19.1 Å². The van der Waals surface area contributed by atoms with E-state index in [-0.39, 0.29) is 25.0 Å². The van der Waals surface area contributed by atoms with Crippen LogP contribution in [-0.4, -0.2) is 18.3 Å². The van der Waals surface area contributed by atoms with E-state index in [0.29, 0.717) is 34.1 Å². The molecule has 9 heteroatoms. The van der Waals surface area contributed by atoms with Gasteiger partial charge in [-0.1, -0.05) is 18.2 Å². The summed E-state index contributed by atoms with van der Waals surface area (Å²) in [5, 5.41) is 0. The molecule has 1 aromatic heterocycles. The summed E-state index contributed by atoms with van der Waals surface area (Å²) in [6.45, 7) is 5.62. The second-order valence-electron chi connectivity index (χ2n) is 9.14. The molecule has 3 heterocycles. The standard InChI is InChI=1S/C25H22F3NO5/c1-24(2,3)34-18-11-20-19(31-13-32-20)10-16(18)22-15-6-4-5-7-17(15)29(23(22)30)12-14-8-9-21(33-14)25(26,27)28/h4-11,22H,12-13H2,1-3H3/t22-/m0/s1. The first-order valence-electron chi connectivity index (χ1n) is 10.7. The molecular formula is C25H22F3NO5. The lowest BCUT2D eigenvalue weighted by atomic mass is 9.91. The van der Waals surface area contributed by atoms with E-state index in [1.54, 1.807) is 24.3 Å². The number of rotatable bonds is 4. The van der Waals surface area contributed by atoms with Crippen molar-refractivity contribution in [2.75, 3.05) is 11.7 Å². The van der Waals surface area contributed by atoms with Crippen molar-refractivity contribution >= 4 is 11.6 Å². The lowest BCUT2D eigenvalue weighted by Gasteiger charge is -2.25. The number of para-hydroxylation sites is 1. The number of fused-ring (bicyclic) bond motifs is 2. The van der Waals surface area contributed by atoms with Gasteiger partial charge >= 0.3 is 6.18 Å². The molecule has 0 saturated carbocycles. The molecule has 5 rings (SSSR count). The molecule has 6 nitrogen and oxygen atoms in total. The first kappa shape index (κ1) is 22.2. The summed E-state index contributed by atoms with van der Waals surface area (Å²) in [5.41, 5.74) is 1.36. The molecule has 34 heavy (non-hydrogen) atoms. The number of ether oxygens (including phenoxy) is 3. The van der Waals surface area contributed by atoms with Crippen molar-refractivity contribution in [2.45, 2.75) is 45.0 Å². The van der Waals surface area contributed by atoms with Crippen molar-refractivity contribution in [3.05, 3.63) is 71.2 Å². The minimum Gasteiger partial charge on any atom is -0.488 e. The third kappa shape index (κ3) is 3.95. The molecule has 2 aromatic carbocycles. The molecule has 0 bridgehead atoms. The smallest absolute Gasteiger partial charge is 0.449 e. The van der Waals surface area contributed by atoms with Crippen molar-refractivity contribution in [1.29, 1.82) is 0 Å². The predicted octanol–water partition coefficient (Wildman–Crippen LogP) is 5.88. The molecule has 0 spiro atoms. The number of hydrogen-bond donors (Lipinski definition) is 0. The van der Waals surface area contributed by atoms with E-state index in [4.69, 9.17) is 18.6 Å². The van der Waals surface area contributed by atoms with Gasteiger partial charge in [0.15, 0.2) is 11.5 Å². The van der Waals surface area contributed by atoms with Gasteiger partial charge in [-0.25, -0.2) is 0 Å². The monoisotopic (exact) mass is 473 g/mol. The van der Waals surface area contributed by atoms with Crippen LogP contribution in [0.15, 0.2) is 52.9 Å². The van der Waals surface area contributed by atoms with Gasteiger partial charge in [0.2, 0.25) is 18.5 Å². The van der Waals surface area contributed by atoms with E-state index in [0.717, 1.165) is 6.07 Å². The highest BCUT2D eigenvalue weighted by atomic mass is 19.4. The minimum absolute atomic E-state index is 0.0352. The Balaban J connectivity index is 1.56. The second kappa shape index (κ2) is 7.72. The lowest BCUT2D eigenvalue weighted by Crippen LogP contribution is -2.29. The first-order chi connectivity index (χ1) is 16.0. The van der Waals surface area contributed by atoms with Crippen molar-refractivity contribution < 1.29 is 36.6 Å². The summed E-state index contributed by atoms with van der Waals surface area (Å²) in [5.74, 6) is -0.605. The normalized spacial score (nSPS) is 17.3. The molecule has 0 aliphatic carbocycles. The van der Waals surface area contributed by atoms with Gasteiger partial charge in [-0.15, -0.1) is 0 Å². The molecule has 1 amide bonds. The Kier molecular flexibility index (Phi) is 5.03. The van der Waals surface area contributed by atoms with Crippen molar-refractivity contribution in [3.63, 3.8) is 0 Å². The molecule has 2 aliphatic rings. The maximum absolute atomic E-state index is 13.7. The van der Waals surface area contributed by atoms with Gasteiger partial charge in [0, 0.05) is 17.3 Å². The van der Waals surface area contributed by atoms with Gasteiger partial charge in [-0.2, -0.15) is 13.2 Å². The molecular weight excluding hydrogens is 451 g/mol. The fourth-order valence-corrected chi connectivity index (χ4v) is 4.20. The largest absolute Gasteiger partial charge is 0.488 e. The zero-order chi connectivity index (χ0) is 24.3. The Bertz CT molecular complexity index is 1260. The Morgan fingerprint density at radius 2 is 1.71 bits per heavy atom. The highest BCUT2D eigenvalue weighted by Gasteiger charge is 2.42. The van der Waals surface area contributed by atoms with Crippen LogP contribution in [0.5, 0.6) is 17.2 Å². The molecule has 0 fully saturated rings. The van der Waals surface area contributed by atoms with Crippen LogP contribution >= 0.6 is 0 Å². The predicted molar refractivity (Wildman–Crippen MR) is 116 cm³/mol. The van der Waals surface area contributed by atoms with E-state index in [2.05, 4.69) is 0 Å². The number of nitrogens with zero attached hydrogens (tertiary/aromatic N) is 1. The van der Waals surface area contributed by atoms with Crippen LogP contribution in [0.3, 0.4) is 0 Å². The van der Waals surface area contributed by atoms with Crippen LogP contribution in [0.4, 0.5) is 18.9 Å². The van der Waals surface area contributed by atoms with Gasteiger partial charge in [0.1, 0.15) is 17.1 Å². The summed E-state index contributed by atoms with van der Waals surface area (Å²) < 4.78 is 61.2. The van der Waals surface area contributed by atoms with Gasteiger partial charge in [-0.3, -0.25) is 4.79 Å². The van der Waals surface area contributed by atoms with Crippen molar-refractivity contribution in [1.82, 2.24) is 0 Å². The van der Waals surface area contributed by atoms with Crippen LogP contribution in [0.1, 0.15) is 49.3 Å². The van der Waals surface area contributed by atoms with Crippen LogP contribution in [0, 0.1) is 0 Å². The molecule has 0 saturated heterocycles. The lowest BCUT2D eigenvalue weighted by molar-refractivity contribution is -0.153. The number of carbonyl (C=O) groups is 1. The Labute approximate surface area is 193 Å². The highest BCUT2D eigenvalue weighted by Crippen LogP contribution is 2.49. The summed E-state index contributed by atoms with van der Waals surface area (Å²) in [4.78, 5) is 15.2. The number of benzene rings is 2. The second-order valence-corrected chi connectivity index (χ2v) is 9.14. The molecule has 0 unspecified atom stereocenters. The molecule has 3 aromatic rings. The van der Waals surface area contributed by atoms with E-state index >= 15 is 0 Å². The van der Waals surface area contributed by atoms with E-state index in [9.17, 15) is 18.0 Å². The van der Waals surface area contributed by atoms with Gasteiger partial charge in [0.25, 0.3) is 0 Å². The highest BCUT2D eigenvalue weighted by molar-refractivity contribution is 6.07. The zero-order valence-electron chi connectivity index (χ0n) is 18.7. The van der Waals surface area contributed by atoms with Crippen molar-refractivity contribution in [2.24, 2.45) is 0 Å². The topological polar surface area (TPSA) is 61.1 Å². The Hall–Kier alpha value is -3.62. The number of hydrogen-bond acceptors (Lipinski definition) is 5. The SMILES string of the molecule is CC(C)(C)Oc1cc2c(cc1[C@H]1C(=O)N(Cc3ccc(C(F)(F)F)o3)c3ccccc31)OCO2. The van der Waals surface area contributed by atoms with Crippen molar-refractivity contribution in [3.8, 4) is 17.2 Å². The first-order valence-corrected chi connectivity index (χ1v) is 10.7. The maximum Gasteiger partial charge on any atom is 0.449 e. The number of furan rings is 1. The minimum atomic E-state index is -4.60. The molecule has 0 N–H and O–H groups in total. The number of anilines is 1. The number of carbonyl (C=O) groups excluding carboxylic acids is 1. The fraction of sp³-hybridized carbons (Fsp3) is 0.320. The number of amides is 1. The van der Waals surface area contributed by atoms with Gasteiger partial charge < -0.3 is 23.5 Å². The van der Waals surface area contributed by atoms with Gasteiger partial charge in [0.05, 0.1) is 12.5 Å². The number of halogens is 3. The molecule has 1 atom stereocenters. The third-order valence-electron chi connectivity index (χ3n) is 5.54. The van der Waals surface area contributed by atoms with E-state index in [1.165, 1.54) is 11.0 Å². The summed E-state index contributed by atoms with van der Waals surface area (Å²) in [7, 11) is 0. The Morgan fingerprint density at radius 1 is 1.00 bits per heavy atom. The van der Waals surface area contributed by atoms with Crippen LogP contribution in [0.2, 0.25) is 0 Å². The third-order valence-corrected chi connectivity index (χ3v) is 5.54. The average Bonchev–Trinajstić information content (AvgIpc) is 3.45. The molecule has 2 aliphatic heterocycles. The zero-order valence-corrected chi connectivity index (χ0v) is 18.7. The fourth-order valence-electron chi connectivity index (χ4n) is 4.20. The average molecular weight is 473 g/mol. The summed E-state index contributed by atoms with van der Waals surface area (Å²) in [6.07, 6.45) is -4.60. The summed E-state index contributed by atoms with van der Waals surface area (Å²) in [6, 6.07) is 12.7. The Morgan fingerprint density at radius 3 is 2.38 bits per heavy atom. The quantitative estimate of drug-likeness (QED) is 0.473. The molecule has 0 radical (unpaired) electrons. The summed E-state index contributed by atoms with van der Waals surface area (Å²) >= 11 is 0. The van der Waals surface area contributed by atoms with Crippen LogP contribution in [-0.2, 0) is 17.5 Å². The number of alkyl halides is 3. The maximum atomic E-state index is 13.7.